The number of amides is 1. The minimum absolute atomic E-state index is 0.206. The van der Waals surface area contributed by atoms with Gasteiger partial charge in [-0.05, 0) is 12.0 Å². The summed E-state index contributed by atoms with van der Waals surface area (Å²) in [7, 11) is 0. The van der Waals surface area contributed by atoms with Crippen molar-refractivity contribution in [1.29, 1.82) is 0 Å². The van der Waals surface area contributed by atoms with E-state index in [2.05, 4.69) is 5.32 Å². The second kappa shape index (κ2) is 6.53. The highest BCUT2D eigenvalue weighted by Crippen LogP contribution is 2.20. The van der Waals surface area contributed by atoms with Crippen LogP contribution < -0.4 is 5.32 Å². The number of aliphatic carboxylic acids is 1. The van der Waals surface area contributed by atoms with Crippen LogP contribution in [-0.4, -0.2) is 47.1 Å². The molecule has 7 heteroatoms. The van der Waals surface area contributed by atoms with Gasteiger partial charge in [0.15, 0.2) is 0 Å². The predicted molar refractivity (Wildman–Crippen MR) is 65.0 cm³/mol. The lowest BCUT2D eigenvalue weighted by atomic mass is 10.1. The van der Waals surface area contributed by atoms with Crippen molar-refractivity contribution >= 4 is 11.9 Å². The van der Waals surface area contributed by atoms with Gasteiger partial charge in [-0.25, -0.2) is 4.79 Å². The number of aliphatic hydroxyl groups is 1. The van der Waals surface area contributed by atoms with Crippen molar-refractivity contribution in [3.05, 3.63) is 11.8 Å². The van der Waals surface area contributed by atoms with Crippen molar-refractivity contribution in [2.24, 2.45) is 5.92 Å². The first-order valence-electron chi connectivity index (χ1n) is 5.99. The van der Waals surface area contributed by atoms with Gasteiger partial charge in [0.2, 0.25) is 18.0 Å². The summed E-state index contributed by atoms with van der Waals surface area (Å²) in [4.78, 5) is 22.0. The molecular formula is C12H19NO6. The smallest absolute Gasteiger partial charge is 0.371 e. The zero-order valence-corrected chi connectivity index (χ0v) is 11.1. The Bertz CT molecular complexity index is 378. The van der Waals surface area contributed by atoms with E-state index in [4.69, 9.17) is 14.6 Å². The van der Waals surface area contributed by atoms with E-state index < -0.39 is 24.4 Å². The summed E-state index contributed by atoms with van der Waals surface area (Å²) in [6.07, 6.45) is -1.17. The second-order valence-corrected chi connectivity index (χ2v) is 4.77. The van der Waals surface area contributed by atoms with Gasteiger partial charge in [0.25, 0.3) is 0 Å². The molecule has 1 rings (SSSR count). The normalized spacial score (nSPS) is 26.6. The number of carbonyl (C=O) groups is 2. The van der Waals surface area contributed by atoms with Crippen molar-refractivity contribution in [3.8, 4) is 0 Å². The maximum atomic E-state index is 11.1. The lowest BCUT2D eigenvalue weighted by Crippen LogP contribution is -2.54. The molecule has 1 aliphatic heterocycles. The number of carboxylic acid groups (broad SMARTS) is 1. The summed E-state index contributed by atoms with van der Waals surface area (Å²) in [5.74, 6) is -1.84. The molecule has 0 unspecified atom stereocenters. The number of nitrogens with one attached hydrogen (secondary N) is 1. The Balaban J connectivity index is 2.84. The summed E-state index contributed by atoms with van der Waals surface area (Å²) in [6, 6.07) is -0.834. The molecule has 0 fully saturated rings. The van der Waals surface area contributed by atoms with Gasteiger partial charge >= 0.3 is 5.97 Å². The van der Waals surface area contributed by atoms with Crippen molar-refractivity contribution in [1.82, 2.24) is 5.32 Å². The van der Waals surface area contributed by atoms with Crippen LogP contribution in [0.5, 0.6) is 0 Å². The molecule has 0 aromatic rings. The molecule has 0 saturated carbocycles. The number of rotatable bonds is 5. The van der Waals surface area contributed by atoms with E-state index in [0.717, 1.165) is 6.08 Å². The van der Waals surface area contributed by atoms with Gasteiger partial charge in [0.05, 0.1) is 6.61 Å². The van der Waals surface area contributed by atoms with Crippen molar-refractivity contribution in [3.63, 3.8) is 0 Å². The minimum Gasteiger partial charge on any atom is -0.475 e. The van der Waals surface area contributed by atoms with Crippen LogP contribution in [0.3, 0.4) is 0 Å². The Hall–Kier alpha value is -1.60. The summed E-state index contributed by atoms with van der Waals surface area (Å²) >= 11 is 0. The van der Waals surface area contributed by atoms with Crippen LogP contribution in [-0.2, 0) is 19.1 Å². The lowest BCUT2D eigenvalue weighted by Gasteiger charge is -2.34. The third kappa shape index (κ3) is 4.53. The molecular weight excluding hydrogens is 254 g/mol. The first-order chi connectivity index (χ1) is 8.81. The Morgan fingerprint density at radius 2 is 2.16 bits per heavy atom. The zero-order chi connectivity index (χ0) is 14.6. The first-order valence-corrected chi connectivity index (χ1v) is 5.99. The van der Waals surface area contributed by atoms with Gasteiger partial charge in [0, 0.05) is 6.92 Å². The van der Waals surface area contributed by atoms with E-state index >= 15 is 0 Å². The van der Waals surface area contributed by atoms with Crippen LogP contribution in [0.1, 0.15) is 20.8 Å². The molecule has 3 N–H and O–H groups in total. The third-order valence-electron chi connectivity index (χ3n) is 2.40. The number of carboxylic acids is 1. The fraction of sp³-hybridized carbons (Fsp3) is 0.667. The maximum Gasteiger partial charge on any atom is 0.371 e. The van der Waals surface area contributed by atoms with Gasteiger partial charge in [-0.1, -0.05) is 13.8 Å². The largest absolute Gasteiger partial charge is 0.475 e. The number of hydrogen-bond acceptors (Lipinski definition) is 5. The number of ether oxygens (including phenoxy) is 2. The van der Waals surface area contributed by atoms with Crippen molar-refractivity contribution < 1.29 is 29.3 Å². The SMILES string of the molecule is CC(=O)N[C@H]1[C@@H](OCC(C)C)OC(C(=O)O)=C[C@H]1O. The fourth-order valence-corrected chi connectivity index (χ4v) is 1.59. The molecule has 0 radical (unpaired) electrons. The quantitative estimate of drug-likeness (QED) is 0.643. The summed E-state index contributed by atoms with van der Waals surface area (Å²) in [5, 5.41) is 21.2. The maximum absolute atomic E-state index is 11.1. The lowest BCUT2D eigenvalue weighted by molar-refractivity contribution is -0.177. The monoisotopic (exact) mass is 273 g/mol. The van der Waals surface area contributed by atoms with Gasteiger partial charge in [-0.15, -0.1) is 0 Å². The van der Waals surface area contributed by atoms with E-state index in [-0.39, 0.29) is 17.6 Å². The van der Waals surface area contributed by atoms with E-state index in [1.807, 2.05) is 13.8 Å². The van der Waals surface area contributed by atoms with Crippen LogP contribution in [0.2, 0.25) is 0 Å². The van der Waals surface area contributed by atoms with Gasteiger partial charge in [-0.3, -0.25) is 4.79 Å². The molecule has 108 valence electrons. The molecule has 1 aliphatic rings. The average molecular weight is 273 g/mol. The van der Waals surface area contributed by atoms with Gasteiger partial charge in [0.1, 0.15) is 12.1 Å². The van der Waals surface area contributed by atoms with E-state index in [9.17, 15) is 14.7 Å². The van der Waals surface area contributed by atoms with Crippen LogP contribution in [0.25, 0.3) is 0 Å². The van der Waals surface area contributed by atoms with Gasteiger partial charge < -0.3 is 25.0 Å². The molecule has 0 aromatic carbocycles. The van der Waals surface area contributed by atoms with Crippen LogP contribution in [0.4, 0.5) is 0 Å². The molecule has 0 saturated heterocycles. The Labute approximate surface area is 111 Å². The molecule has 0 spiro atoms. The highest BCUT2D eigenvalue weighted by atomic mass is 16.7. The standard InChI is InChI=1S/C12H19NO6/c1-6(2)5-18-12-10(13-7(3)14)8(15)4-9(19-12)11(16)17/h4,6,8,10,12,15H,5H2,1-3H3,(H,13,14)(H,16,17)/t8-,10-,12+/m1/s1. The number of hydrogen-bond donors (Lipinski definition) is 3. The molecule has 0 aromatic heterocycles. The molecule has 1 amide bonds. The van der Waals surface area contributed by atoms with Crippen LogP contribution in [0, 0.1) is 5.92 Å². The molecule has 0 aliphatic carbocycles. The second-order valence-electron chi connectivity index (χ2n) is 4.77. The molecule has 1 heterocycles. The minimum atomic E-state index is -1.29. The van der Waals surface area contributed by atoms with E-state index in [0.29, 0.717) is 6.61 Å². The van der Waals surface area contributed by atoms with Gasteiger partial charge in [-0.2, -0.15) is 0 Å². The van der Waals surface area contributed by atoms with Crippen molar-refractivity contribution in [2.75, 3.05) is 6.61 Å². The summed E-state index contributed by atoms with van der Waals surface area (Å²) in [5.41, 5.74) is 0. The zero-order valence-electron chi connectivity index (χ0n) is 11.1. The van der Waals surface area contributed by atoms with Crippen molar-refractivity contribution in [2.45, 2.75) is 39.2 Å². The summed E-state index contributed by atoms with van der Waals surface area (Å²) < 4.78 is 10.6. The van der Waals surface area contributed by atoms with Crippen LogP contribution in [0.15, 0.2) is 11.8 Å². The molecule has 7 nitrogen and oxygen atoms in total. The summed E-state index contributed by atoms with van der Waals surface area (Å²) in [6.45, 7) is 5.45. The number of carbonyl (C=O) groups excluding carboxylic acids is 1. The van der Waals surface area contributed by atoms with E-state index in [1.165, 1.54) is 6.92 Å². The highest BCUT2D eigenvalue weighted by molar-refractivity contribution is 5.84. The molecule has 3 atom stereocenters. The van der Waals surface area contributed by atoms with E-state index in [1.54, 1.807) is 0 Å². The fourth-order valence-electron chi connectivity index (χ4n) is 1.59. The first kappa shape index (κ1) is 15.5. The Morgan fingerprint density at radius 3 is 2.63 bits per heavy atom. The highest BCUT2D eigenvalue weighted by Gasteiger charge is 2.37. The average Bonchev–Trinajstić information content (AvgIpc) is 2.28. The molecule has 19 heavy (non-hydrogen) atoms. The number of aliphatic hydroxyl groups excluding tert-OH is 1. The molecule has 0 bridgehead atoms. The predicted octanol–water partition coefficient (Wildman–Crippen LogP) is -0.151. The topological polar surface area (TPSA) is 105 Å². The Kier molecular flexibility index (Phi) is 5.31. The third-order valence-corrected chi connectivity index (χ3v) is 2.40. The van der Waals surface area contributed by atoms with Crippen LogP contribution >= 0.6 is 0 Å². The Morgan fingerprint density at radius 1 is 1.53 bits per heavy atom.